The maximum Gasteiger partial charge on any atom is 0.309 e. The fraction of sp³-hybridized carbons (Fsp3) is 0.417. The summed E-state index contributed by atoms with van der Waals surface area (Å²) in [6, 6.07) is 7.19. The van der Waals surface area contributed by atoms with E-state index in [0.29, 0.717) is 5.69 Å². The van der Waals surface area contributed by atoms with Gasteiger partial charge in [0.05, 0.1) is 13.5 Å². The summed E-state index contributed by atoms with van der Waals surface area (Å²) in [5.41, 5.74) is 7.06. The van der Waals surface area contributed by atoms with E-state index >= 15 is 0 Å². The second-order valence-corrected chi connectivity index (χ2v) is 3.21. The topological polar surface area (TPSA) is 52.3 Å². The number of rotatable bonds is 2. The van der Waals surface area contributed by atoms with Gasteiger partial charge in [-0.25, -0.2) is 0 Å². The summed E-state index contributed by atoms with van der Waals surface area (Å²) in [5.74, 6) is -0.249. The molecule has 0 aliphatic rings. The molecule has 2 N–H and O–H groups in total. The van der Waals surface area contributed by atoms with Crippen molar-refractivity contribution < 1.29 is 9.53 Å². The van der Waals surface area contributed by atoms with Crippen LogP contribution in [0.4, 0.5) is 5.69 Å². The van der Waals surface area contributed by atoms with E-state index in [-0.39, 0.29) is 12.4 Å². The second kappa shape index (κ2) is 7.85. The van der Waals surface area contributed by atoms with Gasteiger partial charge in [-0.3, -0.25) is 4.79 Å². The smallest absolute Gasteiger partial charge is 0.309 e. The van der Waals surface area contributed by atoms with Gasteiger partial charge in [-0.1, -0.05) is 32.4 Å². The summed E-state index contributed by atoms with van der Waals surface area (Å²) in [6.45, 7) is 4.25. The molecule has 1 aromatic rings. The van der Waals surface area contributed by atoms with Gasteiger partial charge in [0.15, 0.2) is 0 Å². The molecule has 1 aromatic carbocycles. The first-order valence-corrected chi connectivity index (χ1v) is 5.05. The predicted octanol–water partition coefficient (Wildman–Crippen LogP) is 2.40. The molecule has 0 spiro atoms. The number of ether oxygens (including phenoxy) is 1. The Morgan fingerprint density at radius 3 is 2.47 bits per heavy atom. The predicted molar refractivity (Wildman–Crippen MR) is 62.5 cm³/mol. The van der Waals surface area contributed by atoms with Gasteiger partial charge in [-0.05, 0) is 17.7 Å². The van der Waals surface area contributed by atoms with Crippen molar-refractivity contribution in [2.45, 2.75) is 26.7 Å². The molecule has 0 saturated heterocycles. The maximum atomic E-state index is 10.8. The lowest BCUT2D eigenvalue weighted by molar-refractivity contribution is -0.139. The van der Waals surface area contributed by atoms with Gasteiger partial charge in [-0.15, -0.1) is 0 Å². The fourth-order valence-electron chi connectivity index (χ4n) is 0.942. The van der Waals surface area contributed by atoms with E-state index < -0.39 is 0 Å². The molecule has 0 aliphatic heterocycles. The van der Waals surface area contributed by atoms with Crippen molar-refractivity contribution >= 4 is 11.7 Å². The first-order chi connectivity index (χ1) is 7.13. The molecule has 0 bridgehead atoms. The Bertz CT molecular complexity index is 297. The van der Waals surface area contributed by atoms with Crippen LogP contribution in [0.25, 0.3) is 0 Å². The first kappa shape index (κ1) is 13.5. The Labute approximate surface area is 91.2 Å². The molecule has 0 aromatic heterocycles. The molecule has 0 amide bonds. The zero-order valence-electron chi connectivity index (χ0n) is 9.62. The van der Waals surface area contributed by atoms with E-state index in [1.165, 1.54) is 13.5 Å². The molecule has 3 nitrogen and oxygen atoms in total. The number of esters is 1. The molecule has 0 aliphatic carbocycles. The number of carbonyl (C=O) groups is 1. The lowest BCUT2D eigenvalue weighted by Crippen LogP contribution is -2.04. The van der Waals surface area contributed by atoms with E-state index in [4.69, 9.17) is 5.73 Å². The minimum absolute atomic E-state index is 0.249. The molecule has 15 heavy (non-hydrogen) atoms. The zero-order chi connectivity index (χ0) is 11.7. The highest BCUT2D eigenvalue weighted by molar-refractivity contribution is 5.72. The van der Waals surface area contributed by atoms with Crippen LogP contribution in [0.1, 0.15) is 25.8 Å². The standard InChI is InChI=1S/C9H11NO2.C3H8/c1-12-9(11)6-7-3-2-4-8(10)5-7;1-3-2/h2-5H,6,10H2,1H3;3H2,1-2H3. The van der Waals surface area contributed by atoms with E-state index in [0.717, 1.165) is 5.56 Å². The quantitative estimate of drug-likeness (QED) is 0.601. The summed E-state index contributed by atoms with van der Waals surface area (Å²) in [4.78, 5) is 10.8. The molecule has 0 radical (unpaired) electrons. The van der Waals surface area contributed by atoms with Crippen LogP contribution in [-0.4, -0.2) is 13.1 Å². The van der Waals surface area contributed by atoms with Crippen molar-refractivity contribution in [1.29, 1.82) is 0 Å². The molecular weight excluding hydrogens is 190 g/mol. The largest absolute Gasteiger partial charge is 0.469 e. The maximum absolute atomic E-state index is 10.8. The van der Waals surface area contributed by atoms with Crippen molar-refractivity contribution in [2.75, 3.05) is 12.8 Å². The second-order valence-electron chi connectivity index (χ2n) is 3.21. The summed E-state index contributed by atoms with van der Waals surface area (Å²) in [7, 11) is 1.37. The van der Waals surface area contributed by atoms with Crippen LogP contribution in [-0.2, 0) is 16.0 Å². The van der Waals surface area contributed by atoms with Gasteiger partial charge in [0.1, 0.15) is 0 Å². The summed E-state index contributed by atoms with van der Waals surface area (Å²) >= 11 is 0. The van der Waals surface area contributed by atoms with E-state index in [1.807, 2.05) is 12.1 Å². The van der Waals surface area contributed by atoms with Gasteiger partial charge >= 0.3 is 5.97 Å². The van der Waals surface area contributed by atoms with E-state index in [1.54, 1.807) is 12.1 Å². The number of hydrogen-bond acceptors (Lipinski definition) is 3. The summed E-state index contributed by atoms with van der Waals surface area (Å²) < 4.78 is 4.51. The molecule has 3 heteroatoms. The van der Waals surface area contributed by atoms with Crippen molar-refractivity contribution in [2.24, 2.45) is 0 Å². The molecule has 0 fully saturated rings. The number of methoxy groups -OCH3 is 1. The third-order valence-electron chi connectivity index (χ3n) is 1.53. The fourth-order valence-corrected chi connectivity index (χ4v) is 0.942. The zero-order valence-corrected chi connectivity index (χ0v) is 9.62. The third-order valence-corrected chi connectivity index (χ3v) is 1.53. The number of nitrogen functional groups attached to an aromatic ring is 1. The van der Waals surface area contributed by atoms with Crippen LogP contribution >= 0.6 is 0 Å². The molecule has 0 atom stereocenters. The lowest BCUT2D eigenvalue weighted by Gasteiger charge is -2.00. The Morgan fingerprint density at radius 2 is 2.00 bits per heavy atom. The molecule has 0 heterocycles. The lowest BCUT2D eigenvalue weighted by atomic mass is 10.1. The highest BCUT2D eigenvalue weighted by Gasteiger charge is 2.01. The first-order valence-electron chi connectivity index (χ1n) is 5.05. The van der Waals surface area contributed by atoms with E-state index in [2.05, 4.69) is 18.6 Å². The Hall–Kier alpha value is -1.51. The van der Waals surface area contributed by atoms with Gasteiger partial charge in [0.25, 0.3) is 0 Å². The SMILES string of the molecule is CCC.COC(=O)Cc1cccc(N)c1. The van der Waals surface area contributed by atoms with Crippen molar-refractivity contribution in [3.05, 3.63) is 29.8 Å². The summed E-state index contributed by atoms with van der Waals surface area (Å²) in [6.07, 6.45) is 1.53. The van der Waals surface area contributed by atoms with Crippen LogP contribution in [0.5, 0.6) is 0 Å². The van der Waals surface area contributed by atoms with Gasteiger partial charge in [0.2, 0.25) is 0 Å². The van der Waals surface area contributed by atoms with Crippen molar-refractivity contribution in [3.63, 3.8) is 0 Å². The number of nitrogens with two attached hydrogens (primary N) is 1. The molecule has 1 rings (SSSR count). The van der Waals surface area contributed by atoms with Crippen LogP contribution < -0.4 is 5.73 Å². The minimum Gasteiger partial charge on any atom is -0.469 e. The number of benzene rings is 1. The van der Waals surface area contributed by atoms with Crippen molar-refractivity contribution in [3.8, 4) is 0 Å². The normalized spacial score (nSPS) is 8.73. The average Bonchev–Trinajstić information content (AvgIpc) is 2.19. The van der Waals surface area contributed by atoms with Crippen molar-refractivity contribution in [1.82, 2.24) is 0 Å². The monoisotopic (exact) mass is 209 g/mol. The molecular formula is C12H19NO2. The van der Waals surface area contributed by atoms with Crippen LogP contribution in [0.3, 0.4) is 0 Å². The minimum atomic E-state index is -0.249. The molecule has 0 unspecified atom stereocenters. The highest BCUT2D eigenvalue weighted by Crippen LogP contribution is 2.07. The molecule has 0 saturated carbocycles. The number of anilines is 1. The van der Waals surface area contributed by atoms with E-state index in [9.17, 15) is 4.79 Å². The van der Waals surface area contributed by atoms with Crippen LogP contribution in [0.15, 0.2) is 24.3 Å². The van der Waals surface area contributed by atoms with Crippen LogP contribution in [0.2, 0.25) is 0 Å². The Kier molecular flexibility index (Phi) is 7.06. The third kappa shape index (κ3) is 6.55. The van der Waals surface area contributed by atoms with Gasteiger partial charge in [-0.2, -0.15) is 0 Å². The summed E-state index contributed by atoms with van der Waals surface area (Å²) in [5, 5.41) is 0. The number of hydrogen-bond donors (Lipinski definition) is 1. The Balaban J connectivity index is 0.000000583. The van der Waals surface area contributed by atoms with Crippen LogP contribution in [0, 0.1) is 0 Å². The number of carbonyl (C=O) groups excluding carboxylic acids is 1. The molecule has 84 valence electrons. The average molecular weight is 209 g/mol. The Morgan fingerprint density at radius 1 is 1.40 bits per heavy atom. The van der Waals surface area contributed by atoms with Gasteiger partial charge in [0, 0.05) is 5.69 Å². The highest BCUT2D eigenvalue weighted by atomic mass is 16.5. The van der Waals surface area contributed by atoms with Gasteiger partial charge < -0.3 is 10.5 Å².